The number of ether oxygens (including phenoxy) is 1. The van der Waals surface area contributed by atoms with Crippen molar-refractivity contribution in [3.05, 3.63) is 35.9 Å². The topological polar surface area (TPSA) is 75.6 Å². The zero-order valence-corrected chi connectivity index (χ0v) is 10.4. The van der Waals surface area contributed by atoms with Gasteiger partial charge in [0.1, 0.15) is 12.1 Å². The number of hydrogen-bond donors (Lipinski definition) is 2. The molecule has 0 aliphatic heterocycles. The van der Waals surface area contributed by atoms with Crippen molar-refractivity contribution in [1.29, 1.82) is 0 Å². The Bertz CT molecular complexity index is 405. The molecular weight excluding hydrogens is 234 g/mol. The molecule has 0 aromatic heterocycles. The van der Waals surface area contributed by atoms with Crippen LogP contribution in [-0.2, 0) is 20.9 Å². The molecule has 0 aliphatic rings. The van der Waals surface area contributed by atoms with Crippen molar-refractivity contribution in [2.75, 3.05) is 0 Å². The summed E-state index contributed by atoms with van der Waals surface area (Å²) in [5, 5.41) is 11.0. The molecule has 2 atom stereocenters. The Morgan fingerprint density at radius 1 is 1.28 bits per heavy atom. The number of carbonyl (C=O) groups excluding carboxylic acids is 1. The number of aliphatic carboxylic acids is 1. The molecule has 0 saturated carbocycles. The molecule has 0 heterocycles. The van der Waals surface area contributed by atoms with Crippen LogP contribution in [0.25, 0.3) is 0 Å². The maximum absolute atomic E-state index is 11.6. The van der Waals surface area contributed by atoms with Crippen molar-refractivity contribution in [1.82, 2.24) is 5.32 Å². The number of carbonyl (C=O) groups is 2. The van der Waals surface area contributed by atoms with Crippen molar-refractivity contribution in [2.45, 2.75) is 32.6 Å². The number of amides is 1. The van der Waals surface area contributed by atoms with Crippen molar-refractivity contribution in [3.8, 4) is 0 Å². The number of benzene rings is 1. The quantitative estimate of drug-likeness (QED) is 0.796. The third-order valence-electron chi connectivity index (χ3n) is 2.44. The van der Waals surface area contributed by atoms with E-state index in [-0.39, 0.29) is 0 Å². The second-order valence-corrected chi connectivity index (χ2v) is 4.01. The first-order valence-corrected chi connectivity index (χ1v) is 5.69. The van der Waals surface area contributed by atoms with Gasteiger partial charge in [0.05, 0.1) is 6.61 Å². The van der Waals surface area contributed by atoms with Gasteiger partial charge in [-0.3, -0.25) is 9.59 Å². The van der Waals surface area contributed by atoms with Crippen LogP contribution >= 0.6 is 0 Å². The lowest BCUT2D eigenvalue weighted by atomic mass is 10.2. The van der Waals surface area contributed by atoms with Crippen LogP contribution in [0.5, 0.6) is 0 Å². The van der Waals surface area contributed by atoms with Gasteiger partial charge in [-0.15, -0.1) is 0 Å². The van der Waals surface area contributed by atoms with Gasteiger partial charge in [-0.2, -0.15) is 0 Å². The zero-order valence-electron chi connectivity index (χ0n) is 10.4. The summed E-state index contributed by atoms with van der Waals surface area (Å²) in [6, 6.07) is 8.54. The molecule has 0 radical (unpaired) electrons. The van der Waals surface area contributed by atoms with Gasteiger partial charge in [-0.05, 0) is 19.4 Å². The normalized spacial score (nSPS) is 13.7. The summed E-state index contributed by atoms with van der Waals surface area (Å²) in [4.78, 5) is 22.2. The number of rotatable bonds is 6. The SMILES string of the molecule is CC(OCc1ccccc1)C(=O)N[C@@H](C)C(=O)O. The van der Waals surface area contributed by atoms with Crippen LogP contribution in [0.3, 0.4) is 0 Å². The maximum atomic E-state index is 11.6. The summed E-state index contributed by atoms with van der Waals surface area (Å²) in [6.45, 7) is 3.31. The van der Waals surface area contributed by atoms with Gasteiger partial charge in [0, 0.05) is 0 Å². The number of carboxylic acid groups (broad SMARTS) is 1. The predicted octanol–water partition coefficient (Wildman–Crippen LogP) is 1.18. The Morgan fingerprint density at radius 2 is 1.89 bits per heavy atom. The average molecular weight is 251 g/mol. The summed E-state index contributed by atoms with van der Waals surface area (Å²) in [5.74, 6) is -1.50. The Kier molecular flexibility index (Phi) is 5.32. The zero-order chi connectivity index (χ0) is 13.5. The van der Waals surface area contributed by atoms with Crippen LogP contribution in [0.1, 0.15) is 19.4 Å². The number of hydrogen-bond acceptors (Lipinski definition) is 3. The molecule has 5 nitrogen and oxygen atoms in total. The highest BCUT2D eigenvalue weighted by molar-refractivity contribution is 5.85. The Morgan fingerprint density at radius 3 is 2.44 bits per heavy atom. The molecule has 1 amide bonds. The number of nitrogens with one attached hydrogen (secondary N) is 1. The van der Waals surface area contributed by atoms with Gasteiger partial charge in [0.25, 0.3) is 0 Å². The van der Waals surface area contributed by atoms with Gasteiger partial charge in [-0.1, -0.05) is 30.3 Å². The minimum atomic E-state index is -1.07. The fourth-order valence-electron chi connectivity index (χ4n) is 1.26. The Balaban J connectivity index is 2.39. The molecule has 0 bridgehead atoms. The van der Waals surface area contributed by atoms with E-state index in [1.807, 2.05) is 30.3 Å². The smallest absolute Gasteiger partial charge is 0.325 e. The van der Waals surface area contributed by atoms with Crippen LogP contribution in [0.15, 0.2) is 30.3 Å². The molecule has 0 fully saturated rings. The largest absolute Gasteiger partial charge is 0.480 e. The standard InChI is InChI=1S/C13H17NO4/c1-9(13(16)17)14-12(15)10(2)18-8-11-6-4-3-5-7-11/h3-7,9-10H,8H2,1-2H3,(H,14,15)(H,16,17)/t9-,10?/m0/s1. The molecule has 1 aromatic rings. The van der Waals surface area contributed by atoms with E-state index in [9.17, 15) is 9.59 Å². The molecule has 1 rings (SSSR count). The van der Waals surface area contributed by atoms with E-state index in [4.69, 9.17) is 9.84 Å². The average Bonchev–Trinajstić information content (AvgIpc) is 2.36. The first-order valence-electron chi connectivity index (χ1n) is 5.69. The third kappa shape index (κ3) is 4.55. The first kappa shape index (κ1) is 14.2. The van der Waals surface area contributed by atoms with E-state index in [0.717, 1.165) is 5.56 Å². The van der Waals surface area contributed by atoms with E-state index in [1.165, 1.54) is 6.92 Å². The summed E-state index contributed by atoms with van der Waals surface area (Å²) in [6.07, 6.45) is -0.688. The van der Waals surface area contributed by atoms with Crippen LogP contribution in [0.4, 0.5) is 0 Å². The highest BCUT2D eigenvalue weighted by Crippen LogP contribution is 2.03. The van der Waals surface area contributed by atoms with E-state index in [2.05, 4.69) is 5.32 Å². The lowest BCUT2D eigenvalue weighted by Crippen LogP contribution is -2.43. The first-order chi connectivity index (χ1) is 8.50. The van der Waals surface area contributed by atoms with Crippen LogP contribution in [0.2, 0.25) is 0 Å². The highest BCUT2D eigenvalue weighted by Gasteiger charge is 2.19. The van der Waals surface area contributed by atoms with Crippen molar-refractivity contribution in [2.24, 2.45) is 0 Å². The van der Waals surface area contributed by atoms with E-state index < -0.39 is 24.0 Å². The molecule has 5 heteroatoms. The van der Waals surface area contributed by atoms with Gasteiger partial charge >= 0.3 is 5.97 Å². The summed E-state index contributed by atoms with van der Waals surface area (Å²) in [5.41, 5.74) is 0.962. The fraction of sp³-hybridized carbons (Fsp3) is 0.385. The van der Waals surface area contributed by atoms with Gasteiger partial charge in [0.2, 0.25) is 5.91 Å². The highest BCUT2D eigenvalue weighted by atomic mass is 16.5. The third-order valence-corrected chi connectivity index (χ3v) is 2.44. The minimum Gasteiger partial charge on any atom is -0.480 e. The van der Waals surface area contributed by atoms with Crippen LogP contribution in [-0.4, -0.2) is 29.1 Å². The monoisotopic (exact) mass is 251 g/mol. The molecule has 1 unspecified atom stereocenters. The molecule has 2 N–H and O–H groups in total. The lowest BCUT2D eigenvalue weighted by molar-refractivity contribution is -0.143. The Labute approximate surface area is 106 Å². The summed E-state index contributed by atoms with van der Waals surface area (Å²) >= 11 is 0. The van der Waals surface area contributed by atoms with Gasteiger partial charge in [0.15, 0.2) is 0 Å². The summed E-state index contributed by atoms with van der Waals surface area (Å²) in [7, 11) is 0. The molecule has 1 aromatic carbocycles. The predicted molar refractivity (Wildman–Crippen MR) is 65.9 cm³/mol. The minimum absolute atomic E-state index is 0.316. The van der Waals surface area contributed by atoms with E-state index in [1.54, 1.807) is 6.92 Å². The van der Waals surface area contributed by atoms with E-state index >= 15 is 0 Å². The Hall–Kier alpha value is -1.88. The second-order valence-electron chi connectivity index (χ2n) is 4.01. The number of carboxylic acids is 1. The second kappa shape index (κ2) is 6.76. The molecule has 0 aliphatic carbocycles. The molecule has 18 heavy (non-hydrogen) atoms. The summed E-state index contributed by atoms with van der Waals surface area (Å²) < 4.78 is 5.37. The van der Waals surface area contributed by atoms with Gasteiger partial charge < -0.3 is 15.2 Å². The molecule has 0 spiro atoms. The lowest BCUT2D eigenvalue weighted by Gasteiger charge is -2.15. The van der Waals surface area contributed by atoms with Crippen molar-refractivity contribution >= 4 is 11.9 Å². The van der Waals surface area contributed by atoms with Crippen molar-refractivity contribution in [3.63, 3.8) is 0 Å². The van der Waals surface area contributed by atoms with Crippen LogP contribution < -0.4 is 5.32 Å². The van der Waals surface area contributed by atoms with Crippen molar-refractivity contribution < 1.29 is 19.4 Å². The van der Waals surface area contributed by atoms with Crippen LogP contribution in [0, 0.1) is 0 Å². The molecular formula is C13H17NO4. The molecule has 0 saturated heterocycles. The maximum Gasteiger partial charge on any atom is 0.325 e. The molecule has 98 valence electrons. The van der Waals surface area contributed by atoms with Gasteiger partial charge in [-0.25, -0.2) is 0 Å². The fourth-order valence-corrected chi connectivity index (χ4v) is 1.26. The van der Waals surface area contributed by atoms with E-state index in [0.29, 0.717) is 6.61 Å².